The van der Waals surface area contributed by atoms with E-state index in [0.29, 0.717) is 5.92 Å². The van der Waals surface area contributed by atoms with Gasteiger partial charge in [-0.3, -0.25) is 4.68 Å². The first kappa shape index (κ1) is 14.1. The Morgan fingerprint density at radius 1 is 1.30 bits per heavy atom. The molecule has 1 N–H and O–H groups in total. The molecule has 0 amide bonds. The molecule has 3 nitrogen and oxygen atoms in total. The molecule has 1 heterocycles. The van der Waals surface area contributed by atoms with Crippen LogP contribution in [0.25, 0.3) is 0 Å². The van der Waals surface area contributed by atoms with Crippen molar-refractivity contribution in [2.45, 2.75) is 57.9 Å². The van der Waals surface area contributed by atoms with Gasteiger partial charge in [0.05, 0.1) is 6.20 Å². The van der Waals surface area contributed by atoms with E-state index in [1.54, 1.807) is 0 Å². The van der Waals surface area contributed by atoms with E-state index in [0.717, 1.165) is 23.8 Å². The molecule has 2 fully saturated rings. The topological polar surface area (TPSA) is 29.9 Å². The van der Waals surface area contributed by atoms with E-state index in [2.05, 4.69) is 36.7 Å². The Labute approximate surface area is 123 Å². The zero-order chi connectivity index (χ0) is 14.1. The third-order valence-electron chi connectivity index (χ3n) is 5.38. The van der Waals surface area contributed by atoms with Crippen LogP contribution in [0.5, 0.6) is 0 Å². The molecule has 3 atom stereocenters. The van der Waals surface area contributed by atoms with E-state index in [9.17, 15) is 0 Å². The molecule has 3 heteroatoms. The molecule has 0 spiro atoms. The van der Waals surface area contributed by atoms with Crippen molar-refractivity contribution in [3.63, 3.8) is 0 Å². The van der Waals surface area contributed by atoms with Gasteiger partial charge in [-0.05, 0) is 67.9 Å². The zero-order valence-corrected chi connectivity index (χ0v) is 13.2. The van der Waals surface area contributed by atoms with Crippen LogP contribution in [0.15, 0.2) is 12.4 Å². The third-order valence-corrected chi connectivity index (χ3v) is 5.38. The second kappa shape index (κ2) is 5.88. The van der Waals surface area contributed by atoms with Gasteiger partial charge in [-0.25, -0.2) is 0 Å². The van der Waals surface area contributed by atoms with Crippen LogP contribution < -0.4 is 5.32 Å². The quantitative estimate of drug-likeness (QED) is 0.893. The Kier molecular flexibility index (Phi) is 4.16. The predicted octanol–water partition coefficient (Wildman–Crippen LogP) is 3.33. The van der Waals surface area contributed by atoms with E-state index in [-0.39, 0.29) is 0 Å². The largest absolute Gasteiger partial charge is 0.314 e. The van der Waals surface area contributed by atoms with Crippen LogP contribution in [0.3, 0.4) is 0 Å². The normalized spacial score (nSPS) is 30.9. The van der Waals surface area contributed by atoms with Gasteiger partial charge in [-0.15, -0.1) is 0 Å². The van der Waals surface area contributed by atoms with E-state index in [1.807, 2.05) is 11.7 Å². The third kappa shape index (κ3) is 3.25. The number of nitrogens with one attached hydrogen (secondary N) is 1. The first-order valence-corrected chi connectivity index (χ1v) is 8.35. The Hall–Kier alpha value is -0.830. The SMILES string of the molecule is CC(C)C1CCC(CNC2CC2)C(c2cnn(C)c2)C1. The number of aryl methyl sites for hydroxylation is 1. The molecule has 3 rings (SSSR count). The number of nitrogens with zero attached hydrogens (tertiary/aromatic N) is 2. The maximum absolute atomic E-state index is 4.40. The van der Waals surface area contributed by atoms with E-state index in [4.69, 9.17) is 0 Å². The fraction of sp³-hybridized carbons (Fsp3) is 0.824. The zero-order valence-electron chi connectivity index (χ0n) is 13.2. The van der Waals surface area contributed by atoms with Gasteiger partial charge in [0.15, 0.2) is 0 Å². The summed E-state index contributed by atoms with van der Waals surface area (Å²) in [4.78, 5) is 0. The van der Waals surface area contributed by atoms with Gasteiger partial charge < -0.3 is 5.32 Å². The summed E-state index contributed by atoms with van der Waals surface area (Å²) in [6.07, 6.45) is 11.2. The standard InChI is InChI=1S/C17H29N3/c1-12(2)13-4-5-14(9-18-16-6-7-16)17(8-13)15-10-19-20(3)11-15/h10-14,16-18H,4-9H2,1-3H3. The molecule has 0 radical (unpaired) electrons. The van der Waals surface area contributed by atoms with Crippen molar-refractivity contribution in [3.8, 4) is 0 Å². The second-order valence-electron chi connectivity index (χ2n) is 7.31. The Morgan fingerprint density at radius 3 is 2.70 bits per heavy atom. The van der Waals surface area contributed by atoms with Gasteiger partial charge in [0.1, 0.15) is 0 Å². The number of rotatable bonds is 5. The highest BCUT2D eigenvalue weighted by Crippen LogP contribution is 2.43. The summed E-state index contributed by atoms with van der Waals surface area (Å²) in [5.41, 5.74) is 1.46. The molecule has 0 aromatic carbocycles. The van der Waals surface area contributed by atoms with Gasteiger partial charge in [0, 0.05) is 19.3 Å². The minimum Gasteiger partial charge on any atom is -0.314 e. The van der Waals surface area contributed by atoms with Gasteiger partial charge in [0.25, 0.3) is 0 Å². The summed E-state index contributed by atoms with van der Waals surface area (Å²) in [5, 5.41) is 8.15. The van der Waals surface area contributed by atoms with E-state index >= 15 is 0 Å². The molecule has 0 saturated heterocycles. The van der Waals surface area contributed by atoms with E-state index < -0.39 is 0 Å². The molecule has 1 aromatic heterocycles. The van der Waals surface area contributed by atoms with Crippen molar-refractivity contribution >= 4 is 0 Å². The van der Waals surface area contributed by atoms with Crippen LogP contribution in [-0.2, 0) is 7.05 Å². The van der Waals surface area contributed by atoms with Crippen LogP contribution in [0, 0.1) is 17.8 Å². The summed E-state index contributed by atoms with van der Waals surface area (Å²) in [6.45, 7) is 5.97. The number of aromatic nitrogens is 2. The molecule has 2 aliphatic carbocycles. The molecule has 0 bridgehead atoms. The molecule has 112 valence electrons. The molecule has 2 aliphatic rings. The average Bonchev–Trinajstić information content (AvgIpc) is 3.16. The lowest BCUT2D eigenvalue weighted by molar-refractivity contribution is 0.190. The second-order valence-corrected chi connectivity index (χ2v) is 7.31. The molecular formula is C17H29N3. The van der Waals surface area contributed by atoms with Gasteiger partial charge >= 0.3 is 0 Å². The Bertz CT molecular complexity index is 433. The van der Waals surface area contributed by atoms with Crippen LogP contribution in [0.2, 0.25) is 0 Å². The van der Waals surface area contributed by atoms with Crippen molar-refractivity contribution in [1.29, 1.82) is 0 Å². The molecular weight excluding hydrogens is 246 g/mol. The average molecular weight is 275 g/mol. The van der Waals surface area contributed by atoms with Crippen molar-refractivity contribution in [2.75, 3.05) is 6.54 Å². The maximum Gasteiger partial charge on any atom is 0.0524 e. The van der Waals surface area contributed by atoms with Crippen molar-refractivity contribution < 1.29 is 0 Å². The van der Waals surface area contributed by atoms with Crippen LogP contribution >= 0.6 is 0 Å². The summed E-state index contributed by atoms with van der Waals surface area (Å²) in [5.74, 6) is 3.20. The Morgan fingerprint density at radius 2 is 2.10 bits per heavy atom. The summed E-state index contributed by atoms with van der Waals surface area (Å²) < 4.78 is 1.96. The lowest BCUT2D eigenvalue weighted by Crippen LogP contribution is -2.34. The number of hydrogen-bond donors (Lipinski definition) is 1. The molecule has 20 heavy (non-hydrogen) atoms. The predicted molar refractivity (Wildman–Crippen MR) is 82.6 cm³/mol. The van der Waals surface area contributed by atoms with Gasteiger partial charge in [-0.1, -0.05) is 13.8 Å². The summed E-state index contributed by atoms with van der Waals surface area (Å²) in [7, 11) is 2.03. The number of hydrogen-bond acceptors (Lipinski definition) is 2. The maximum atomic E-state index is 4.40. The first-order valence-electron chi connectivity index (χ1n) is 8.35. The van der Waals surface area contributed by atoms with Crippen LogP contribution in [0.4, 0.5) is 0 Å². The summed E-state index contributed by atoms with van der Waals surface area (Å²) in [6, 6.07) is 0.826. The van der Waals surface area contributed by atoms with Crippen molar-refractivity contribution in [1.82, 2.24) is 15.1 Å². The van der Waals surface area contributed by atoms with Crippen molar-refractivity contribution in [3.05, 3.63) is 18.0 Å². The molecule has 0 aliphatic heterocycles. The smallest absolute Gasteiger partial charge is 0.0524 e. The van der Waals surface area contributed by atoms with Crippen LogP contribution in [0.1, 0.15) is 57.4 Å². The van der Waals surface area contributed by atoms with E-state index in [1.165, 1.54) is 44.2 Å². The monoisotopic (exact) mass is 275 g/mol. The molecule has 1 aromatic rings. The molecule has 2 saturated carbocycles. The Balaban J connectivity index is 1.70. The molecule has 3 unspecified atom stereocenters. The van der Waals surface area contributed by atoms with Gasteiger partial charge in [0.2, 0.25) is 0 Å². The minimum absolute atomic E-state index is 0.705. The lowest BCUT2D eigenvalue weighted by atomic mass is 9.68. The van der Waals surface area contributed by atoms with Crippen molar-refractivity contribution in [2.24, 2.45) is 24.8 Å². The highest BCUT2D eigenvalue weighted by atomic mass is 15.2. The fourth-order valence-electron chi connectivity index (χ4n) is 3.76. The first-order chi connectivity index (χ1) is 9.63. The highest BCUT2D eigenvalue weighted by Gasteiger charge is 2.34. The highest BCUT2D eigenvalue weighted by molar-refractivity contribution is 5.14. The fourth-order valence-corrected chi connectivity index (χ4v) is 3.76. The minimum atomic E-state index is 0.705. The summed E-state index contributed by atoms with van der Waals surface area (Å²) >= 11 is 0. The van der Waals surface area contributed by atoms with Crippen LogP contribution in [-0.4, -0.2) is 22.4 Å². The lowest BCUT2D eigenvalue weighted by Gasteiger charge is -2.38. The van der Waals surface area contributed by atoms with Gasteiger partial charge in [-0.2, -0.15) is 5.10 Å².